The van der Waals surface area contributed by atoms with Crippen molar-refractivity contribution in [3.8, 4) is 11.5 Å². The van der Waals surface area contributed by atoms with Crippen LogP contribution in [0.15, 0.2) is 18.2 Å². The van der Waals surface area contributed by atoms with E-state index in [1.54, 1.807) is 12.1 Å². The first kappa shape index (κ1) is 14.0. The van der Waals surface area contributed by atoms with Crippen LogP contribution in [0.2, 0.25) is 0 Å². The Morgan fingerprint density at radius 3 is 2.41 bits per heavy atom. The summed E-state index contributed by atoms with van der Waals surface area (Å²) in [5.41, 5.74) is 1.04. The van der Waals surface area contributed by atoms with E-state index >= 15 is 0 Å². The highest BCUT2D eigenvalue weighted by atomic mass is 31.2. The molecule has 5 nitrogen and oxygen atoms in total. The lowest BCUT2D eigenvalue weighted by molar-refractivity contribution is 0.276. The number of benzene rings is 1. The molecule has 0 bridgehead atoms. The Morgan fingerprint density at radius 1 is 1.29 bits per heavy atom. The Hall–Kier alpha value is -1.03. The number of hydrogen-bond donors (Lipinski definition) is 2. The van der Waals surface area contributed by atoms with E-state index in [4.69, 9.17) is 14.5 Å². The van der Waals surface area contributed by atoms with Gasteiger partial charge >= 0.3 is 7.82 Å². The van der Waals surface area contributed by atoms with E-state index in [0.29, 0.717) is 11.7 Å². The van der Waals surface area contributed by atoms with Gasteiger partial charge < -0.3 is 9.26 Å². The molecule has 1 aromatic carbocycles. The molecule has 17 heavy (non-hydrogen) atoms. The smallest absolute Gasteiger partial charge is 0.493 e. The van der Waals surface area contributed by atoms with E-state index in [-0.39, 0.29) is 5.75 Å². The molecule has 0 radical (unpaired) electrons. The van der Waals surface area contributed by atoms with E-state index in [0.717, 1.165) is 12.0 Å². The fraction of sp³-hybridized carbons (Fsp3) is 0.455. The predicted molar refractivity (Wildman–Crippen MR) is 64.2 cm³/mol. The minimum atomic E-state index is -4.55. The van der Waals surface area contributed by atoms with Gasteiger partial charge in [0.05, 0.1) is 7.11 Å². The average Bonchev–Trinajstić information content (AvgIpc) is 2.17. The summed E-state index contributed by atoms with van der Waals surface area (Å²) in [6.07, 6.45) is 0.868. The molecule has 1 rings (SSSR count). The fourth-order valence-corrected chi connectivity index (χ4v) is 1.92. The number of methoxy groups -OCH3 is 1. The standard InChI is InChI=1S/C11H17O5P/c1-8(2)6-9-4-5-10(11(7-9)15-3)16-17(12,13)14/h4-5,7-8H,6H2,1-3H3,(H2,12,13,14). The fourth-order valence-electron chi connectivity index (χ4n) is 1.51. The Morgan fingerprint density at radius 2 is 1.94 bits per heavy atom. The third-order valence-electron chi connectivity index (χ3n) is 2.09. The van der Waals surface area contributed by atoms with Gasteiger partial charge in [-0.05, 0) is 30.0 Å². The van der Waals surface area contributed by atoms with Crippen LogP contribution in [-0.2, 0) is 11.0 Å². The molecule has 0 aromatic heterocycles. The lowest BCUT2D eigenvalue weighted by Gasteiger charge is -2.13. The van der Waals surface area contributed by atoms with Crippen LogP contribution in [0, 0.1) is 5.92 Å². The molecular formula is C11H17O5P. The van der Waals surface area contributed by atoms with Crippen LogP contribution in [0.25, 0.3) is 0 Å². The van der Waals surface area contributed by atoms with E-state index in [9.17, 15) is 4.57 Å². The first-order valence-electron chi connectivity index (χ1n) is 5.24. The van der Waals surface area contributed by atoms with Crippen LogP contribution in [0.5, 0.6) is 11.5 Å². The lowest BCUT2D eigenvalue weighted by Crippen LogP contribution is -1.98. The molecule has 0 aliphatic carbocycles. The first-order valence-corrected chi connectivity index (χ1v) is 6.77. The SMILES string of the molecule is COc1cc(CC(C)C)ccc1OP(=O)(O)O. The van der Waals surface area contributed by atoms with Crippen LogP contribution >= 0.6 is 7.82 Å². The van der Waals surface area contributed by atoms with E-state index in [1.165, 1.54) is 13.2 Å². The van der Waals surface area contributed by atoms with Gasteiger partial charge in [-0.2, -0.15) is 0 Å². The van der Waals surface area contributed by atoms with Gasteiger partial charge in [-0.15, -0.1) is 0 Å². The van der Waals surface area contributed by atoms with E-state index in [1.807, 2.05) is 0 Å². The monoisotopic (exact) mass is 260 g/mol. The maximum Gasteiger partial charge on any atom is 0.524 e. The number of ether oxygens (including phenoxy) is 1. The molecule has 96 valence electrons. The zero-order chi connectivity index (χ0) is 13.1. The quantitative estimate of drug-likeness (QED) is 0.795. The molecule has 6 heteroatoms. The van der Waals surface area contributed by atoms with Gasteiger partial charge in [0.2, 0.25) is 0 Å². The maximum atomic E-state index is 10.7. The Kier molecular flexibility index (Phi) is 4.57. The van der Waals surface area contributed by atoms with Crippen LogP contribution in [0.4, 0.5) is 0 Å². The summed E-state index contributed by atoms with van der Waals surface area (Å²) in [5.74, 6) is 0.869. The third-order valence-corrected chi connectivity index (χ3v) is 2.52. The molecule has 1 aromatic rings. The summed E-state index contributed by atoms with van der Waals surface area (Å²) in [6, 6.07) is 5.01. The van der Waals surface area contributed by atoms with Gasteiger partial charge in [-0.25, -0.2) is 4.57 Å². The summed E-state index contributed by atoms with van der Waals surface area (Å²) in [6.45, 7) is 4.18. The second-order valence-electron chi connectivity index (χ2n) is 4.17. The van der Waals surface area contributed by atoms with Crippen molar-refractivity contribution in [1.82, 2.24) is 0 Å². The minimum Gasteiger partial charge on any atom is -0.493 e. The second-order valence-corrected chi connectivity index (χ2v) is 5.33. The molecule has 0 unspecified atom stereocenters. The van der Waals surface area contributed by atoms with Crippen molar-refractivity contribution < 1.29 is 23.6 Å². The van der Waals surface area contributed by atoms with Crippen LogP contribution in [-0.4, -0.2) is 16.9 Å². The zero-order valence-corrected chi connectivity index (χ0v) is 11.0. The molecule has 0 saturated carbocycles. The molecule has 0 atom stereocenters. The van der Waals surface area contributed by atoms with Crippen molar-refractivity contribution in [1.29, 1.82) is 0 Å². The highest BCUT2D eigenvalue weighted by Gasteiger charge is 2.19. The molecule has 2 N–H and O–H groups in total. The molecule has 0 aliphatic heterocycles. The summed E-state index contributed by atoms with van der Waals surface area (Å²) in [4.78, 5) is 17.5. The third kappa shape index (κ3) is 4.77. The summed E-state index contributed by atoms with van der Waals surface area (Å²) in [7, 11) is -3.12. The van der Waals surface area contributed by atoms with Crippen LogP contribution in [0.1, 0.15) is 19.4 Å². The predicted octanol–water partition coefficient (Wildman–Crippen LogP) is 2.37. The van der Waals surface area contributed by atoms with Gasteiger partial charge in [0.1, 0.15) is 0 Å². The van der Waals surface area contributed by atoms with Crippen molar-refractivity contribution in [3.63, 3.8) is 0 Å². The number of phosphoric ester groups is 1. The van der Waals surface area contributed by atoms with Crippen molar-refractivity contribution in [2.24, 2.45) is 5.92 Å². The zero-order valence-electron chi connectivity index (χ0n) is 10.1. The molecule has 0 aliphatic rings. The Bertz CT molecular complexity index is 424. The van der Waals surface area contributed by atoms with E-state index in [2.05, 4.69) is 18.4 Å². The normalized spacial score (nSPS) is 11.6. The topological polar surface area (TPSA) is 76.0 Å². The molecule has 0 fully saturated rings. The average molecular weight is 260 g/mol. The van der Waals surface area contributed by atoms with Crippen LogP contribution in [0.3, 0.4) is 0 Å². The van der Waals surface area contributed by atoms with Gasteiger partial charge in [0, 0.05) is 0 Å². The van der Waals surface area contributed by atoms with Crippen molar-refractivity contribution in [2.75, 3.05) is 7.11 Å². The summed E-state index contributed by atoms with van der Waals surface area (Å²) < 4.78 is 20.3. The molecule has 0 saturated heterocycles. The minimum absolute atomic E-state index is 0.0494. The second kappa shape index (κ2) is 5.54. The van der Waals surface area contributed by atoms with Gasteiger partial charge in [0.25, 0.3) is 0 Å². The maximum absolute atomic E-state index is 10.7. The number of hydrogen-bond acceptors (Lipinski definition) is 3. The molecule has 0 spiro atoms. The lowest BCUT2D eigenvalue weighted by atomic mass is 10.0. The highest BCUT2D eigenvalue weighted by Crippen LogP contribution is 2.42. The van der Waals surface area contributed by atoms with Gasteiger partial charge in [-0.3, -0.25) is 9.79 Å². The molecule has 0 heterocycles. The van der Waals surface area contributed by atoms with E-state index < -0.39 is 7.82 Å². The first-order chi connectivity index (χ1) is 7.81. The van der Waals surface area contributed by atoms with Crippen LogP contribution < -0.4 is 9.26 Å². The molecule has 0 amide bonds. The van der Waals surface area contributed by atoms with Crippen molar-refractivity contribution in [3.05, 3.63) is 23.8 Å². The molecular weight excluding hydrogens is 243 g/mol. The van der Waals surface area contributed by atoms with Crippen molar-refractivity contribution >= 4 is 7.82 Å². The van der Waals surface area contributed by atoms with Gasteiger partial charge in [0.15, 0.2) is 11.5 Å². The Balaban J connectivity index is 2.97. The number of phosphoric acid groups is 1. The highest BCUT2D eigenvalue weighted by molar-refractivity contribution is 7.46. The number of rotatable bonds is 5. The largest absolute Gasteiger partial charge is 0.524 e. The summed E-state index contributed by atoms with van der Waals surface area (Å²) >= 11 is 0. The Labute approximate surface area is 101 Å². The van der Waals surface area contributed by atoms with Crippen molar-refractivity contribution in [2.45, 2.75) is 20.3 Å². The summed E-state index contributed by atoms with van der Waals surface area (Å²) in [5, 5.41) is 0. The van der Waals surface area contributed by atoms with Gasteiger partial charge in [-0.1, -0.05) is 19.9 Å².